The highest BCUT2D eigenvalue weighted by Gasteiger charge is 2.05. The van der Waals surface area contributed by atoms with Gasteiger partial charge in [-0.2, -0.15) is 10.2 Å². The molecule has 0 aliphatic heterocycles. The number of ketones is 1. The van der Waals surface area contributed by atoms with Crippen LogP contribution < -0.4 is 0 Å². The van der Waals surface area contributed by atoms with E-state index in [1.54, 1.807) is 40.1 Å². The van der Waals surface area contributed by atoms with Crippen LogP contribution in [0.25, 0.3) is 6.08 Å². The maximum absolute atomic E-state index is 11.9. The molecule has 0 saturated carbocycles. The van der Waals surface area contributed by atoms with Crippen molar-refractivity contribution in [2.24, 2.45) is 7.05 Å². The maximum atomic E-state index is 11.9. The van der Waals surface area contributed by atoms with Crippen molar-refractivity contribution in [3.8, 4) is 0 Å². The third-order valence-electron chi connectivity index (χ3n) is 2.93. The molecule has 0 radical (unpaired) electrons. The maximum Gasteiger partial charge on any atom is 0.189 e. The van der Waals surface area contributed by atoms with Gasteiger partial charge in [0.05, 0.1) is 18.0 Å². The predicted molar refractivity (Wildman–Crippen MR) is 69.2 cm³/mol. The summed E-state index contributed by atoms with van der Waals surface area (Å²) in [6.07, 6.45) is 8.43. The molecule has 0 aliphatic carbocycles. The van der Waals surface area contributed by atoms with E-state index in [2.05, 4.69) is 10.2 Å². The zero-order chi connectivity index (χ0) is 13.1. The van der Waals surface area contributed by atoms with E-state index in [1.807, 2.05) is 20.9 Å². The number of allylic oxidation sites excluding steroid dienone is 1. The van der Waals surface area contributed by atoms with Gasteiger partial charge in [0.25, 0.3) is 0 Å². The van der Waals surface area contributed by atoms with E-state index in [4.69, 9.17) is 0 Å². The molecule has 0 amide bonds. The van der Waals surface area contributed by atoms with Crippen LogP contribution in [0, 0.1) is 6.92 Å². The van der Waals surface area contributed by atoms with Crippen LogP contribution in [0.3, 0.4) is 0 Å². The van der Waals surface area contributed by atoms with Gasteiger partial charge in [0.15, 0.2) is 5.78 Å². The number of aryl methyl sites for hydroxylation is 2. The van der Waals surface area contributed by atoms with Crippen LogP contribution in [0.4, 0.5) is 0 Å². The third kappa shape index (κ3) is 2.40. The van der Waals surface area contributed by atoms with Crippen molar-refractivity contribution in [2.45, 2.75) is 20.4 Å². The molecular weight excluding hydrogens is 228 g/mol. The molecule has 0 bridgehead atoms. The average molecular weight is 244 g/mol. The Morgan fingerprint density at radius 1 is 1.39 bits per heavy atom. The minimum absolute atomic E-state index is 0.0436. The van der Waals surface area contributed by atoms with Gasteiger partial charge in [-0.05, 0) is 26.0 Å². The van der Waals surface area contributed by atoms with Crippen LogP contribution in [0.15, 0.2) is 24.7 Å². The van der Waals surface area contributed by atoms with Crippen molar-refractivity contribution in [1.29, 1.82) is 0 Å². The molecule has 0 spiro atoms. The van der Waals surface area contributed by atoms with Gasteiger partial charge in [0, 0.05) is 31.0 Å². The molecule has 94 valence electrons. The summed E-state index contributed by atoms with van der Waals surface area (Å²) in [5.74, 6) is -0.0436. The Balaban J connectivity index is 2.14. The average Bonchev–Trinajstić information content (AvgIpc) is 2.96. The second-order valence-electron chi connectivity index (χ2n) is 4.09. The SMILES string of the molecule is CCn1cc(C(=O)/C=C/c2cnn(C)c2C)cn1. The summed E-state index contributed by atoms with van der Waals surface area (Å²) in [6.45, 7) is 4.71. The molecule has 0 aromatic carbocycles. The van der Waals surface area contributed by atoms with Crippen molar-refractivity contribution in [2.75, 3.05) is 0 Å². The Bertz CT molecular complexity index is 592. The van der Waals surface area contributed by atoms with Gasteiger partial charge >= 0.3 is 0 Å². The molecule has 0 N–H and O–H groups in total. The number of rotatable bonds is 4. The van der Waals surface area contributed by atoms with Crippen molar-refractivity contribution in [1.82, 2.24) is 19.6 Å². The van der Waals surface area contributed by atoms with Gasteiger partial charge < -0.3 is 0 Å². The Kier molecular flexibility index (Phi) is 3.41. The zero-order valence-corrected chi connectivity index (χ0v) is 10.8. The van der Waals surface area contributed by atoms with Gasteiger partial charge in [0.2, 0.25) is 0 Å². The molecule has 2 heterocycles. The summed E-state index contributed by atoms with van der Waals surface area (Å²) < 4.78 is 3.51. The number of carbonyl (C=O) groups is 1. The Morgan fingerprint density at radius 2 is 2.17 bits per heavy atom. The number of hydrogen-bond acceptors (Lipinski definition) is 3. The van der Waals surface area contributed by atoms with Gasteiger partial charge in [0.1, 0.15) is 0 Å². The standard InChI is InChI=1S/C13H16N4O/c1-4-17-9-12(8-15-17)13(18)6-5-11-7-14-16(3)10(11)2/h5-9H,4H2,1-3H3/b6-5+. The van der Waals surface area contributed by atoms with Crippen molar-refractivity contribution in [3.63, 3.8) is 0 Å². The fraction of sp³-hybridized carbons (Fsp3) is 0.308. The Hall–Kier alpha value is -2.17. The highest BCUT2D eigenvalue weighted by Crippen LogP contribution is 2.09. The summed E-state index contributed by atoms with van der Waals surface area (Å²) in [7, 11) is 1.87. The van der Waals surface area contributed by atoms with Gasteiger partial charge in [-0.15, -0.1) is 0 Å². The first-order valence-corrected chi connectivity index (χ1v) is 5.85. The van der Waals surface area contributed by atoms with Crippen molar-refractivity contribution < 1.29 is 4.79 Å². The van der Waals surface area contributed by atoms with Crippen LogP contribution in [0.2, 0.25) is 0 Å². The first kappa shape index (κ1) is 12.3. The molecule has 0 fully saturated rings. The number of aromatic nitrogens is 4. The van der Waals surface area contributed by atoms with Crippen LogP contribution >= 0.6 is 0 Å². The van der Waals surface area contributed by atoms with Crippen molar-refractivity contribution in [3.05, 3.63) is 41.5 Å². The van der Waals surface area contributed by atoms with E-state index in [-0.39, 0.29) is 5.78 Å². The summed E-state index contributed by atoms with van der Waals surface area (Å²) in [5, 5.41) is 8.20. The lowest BCUT2D eigenvalue weighted by Gasteiger charge is -1.94. The lowest BCUT2D eigenvalue weighted by Crippen LogP contribution is -1.95. The topological polar surface area (TPSA) is 52.7 Å². The van der Waals surface area contributed by atoms with E-state index < -0.39 is 0 Å². The first-order valence-electron chi connectivity index (χ1n) is 5.85. The van der Waals surface area contributed by atoms with E-state index in [0.717, 1.165) is 17.8 Å². The van der Waals surface area contributed by atoms with E-state index in [9.17, 15) is 4.79 Å². The largest absolute Gasteiger partial charge is 0.289 e. The lowest BCUT2D eigenvalue weighted by molar-refractivity contribution is 0.104. The molecule has 0 saturated heterocycles. The number of nitrogens with zero attached hydrogens (tertiary/aromatic N) is 4. The smallest absolute Gasteiger partial charge is 0.189 e. The van der Waals surface area contributed by atoms with Crippen molar-refractivity contribution >= 4 is 11.9 Å². The number of carbonyl (C=O) groups excluding carboxylic acids is 1. The monoisotopic (exact) mass is 244 g/mol. The molecular formula is C13H16N4O. The van der Waals surface area contributed by atoms with Crippen LogP contribution in [0.1, 0.15) is 28.5 Å². The molecule has 0 aliphatic rings. The molecule has 0 atom stereocenters. The predicted octanol–water partition coefficient (Wildman–Crippen LogP) is 1.84. The molecule has 0 unspecified atom stereocenters. The summed E-state index contributed by atoms with van der Waals surface area (Å²) >= 11 is 0. The second-order valence-corrected chi connectivity index (χ2v) is 4.09. The summed E-state index contributed by atoms with van der Waals surface area (Å²) in [4.78, 5) is 11.9. The normalized spacial score (nSPS) is 11.3. The molecule has 2 aromatic rings. The fourth-order valence-electron chi connectivity index (χ4n) is 1.60. The lowest BCUT2D eigenvalue weighted by atomic mass is 10.2. The van der Waals surface area contributed by atoms with E-state index in [1.165, 1.54) is 0 Å². The third-order valence-corrected chi connectivity index (χ3v) is 2.93. The van der Waals surface area contributed by atoms with Gasteiger partial charge in [-0.25, -0.2) is 0 Å². The highest BCUT2D eigenvalue weighted by molar-refractivity contribution is 6.06. The van der Waals surface area contributed by atoms with Crippen LogP contribution in [-0.4, -0.2) is 25.3 Å². The zero-order valence-electron chi connectivity index (χ0n) is 10.8. The molecule has 18 heavy (non-hydrogen) atoms. The molecule has 2 rings (SSSR count). The first-order chi connectivity index (χ1) is 8.61. The molecule has 2 aromatic heterocycles. The highest BCUT2D eigenvalue weighted by atomic mass is 16.1. The minimum Gasteiger partial charge on any atom is -0.289 e. The second kappa shape index (κ2) is 5.00. The Morgan fingerprint density at radius 3 is 2.72 bits per heavy atom. The quantitative estimate of drug-likeness (QED) is 0.609. The molecule has 5 nitrogen and oxygen atoms in total. The number of hydrogen-bond donors (Lipinski definition) is 0. The van der Waals surface area contributed by atoms with E-state index in [0.29, 0.717) is 5.56 Å². The van der Waals surface area contributed by atoms with Crippen LogP contribution in [0.5, 0.6) is 0 Å². The summed E-state index contributed by atoms with van der Waals surface area (Å²) in [5.41, 5.74) is 2.59. The molecule has 5 heteroatoms. The van der Waals surface area contributed by atoms with Gasteiger partial charge in [-0.3, -0.25) is 14.2 Å². The fourth-order valence-corrected chi connectivity index (χ4v) is 1.60. The van der Waals surface area contributed by atoms with Gasteiger partial charge in [-0.1, -0.05) is 0 Å². The van der Waals surface area contributed by atoms with Crippen LogP contribution in [-0.2, 0) is 13.6 Å². The minimum atomic E-state index is -0.0436. The Labute approximate surface area is 106 Å². The summed E-state index contributed by atoms with van der Waals surface area (Å²) in [6, 6.07) is 0. The van der Waals surface area contributed by atoms with E-state index >= 15 is 0 Å².